The molecule has 0 spiro atoms. The molecule has 0 aliphatic heterocycles. The maximum absolute atomic E-state index is 12.9. The van der Waals surface area contributed by atoms with Gasteiger partial charge in [0.15, 0.2) is 0 Å². The van der Waals surface area contributed by atoms with Crippen molar-refractivity contribution in [3.63, 3.8) is 0 Å². The van der Waals surface area contributed by atoms with Crippen LogP contribution in [0.1, 0.15) is 15.4 Å². The zero-order valence-electron chi connectivity index (χ0n) is 13.5. The normalized spacial score (nSPS) is 10.9. The molecule has 0 saturated carbocycles. The fraction of sp³-hybridized carbons (Fsp3) is 0.235. The number of fused-ring (bicyclic) bond motifs is 1. The number of nitrogens with zero attached hydrogens (tertiary/aromatic N) is 2. The zero-order chi connectivity index (χ0) is 17.8. The summed E-state index contributed by atoms with van der Waals surface area (Å²) in [5.41, 5.74) is 0.0103. The molecule has 0 radical (unpaired) electrons. The number of carbonyl (C=O) groups is 1. The van der Waals surface area contributed by atoms with Crippen LogP contribution in [-0.4, -0.2) is 36.0 Å². The first-order chi connectivity index (χ1) is 12.1. The van der Waals surface area contributed by atoms with Gasteiger partial charge in [-0.2, -0.15) is 0 Å². The fourth-order valence-electron chi connectivity index (χ4n) is 2.45. The van der Waals surface area contributed by atoms with Crippen molar-refractivity contribution < 1.29 is 18.9 Å². The van der Waals surface area contributed by atoms with Gasteiger partial charge in [-0.05, 0) is 24.3 Å². The highest BCUT2D eigenvalue weighted by molar-refractivity contribution is 7.20. The van der Waals surface area contributed by atoms with E-state index in [0.717, 1.165) is 4.70 Å². The van der Waals surface area contributed by atoms with Crippen molar-refractivity contribution in [3.05, 3.63) is 63.4 Å². The number of non-ortho nitro benzene ring substituents is 1. The first kappa shape index (κ1) is 17.1. The Hall–Kier alpha value is -2.71. The van der Waals surface area contributed by atoms with Crippen molar-refractivity contribution in [1.29, 1.82) is 0 Å². The Morgan fingerprint density at radius 2 is 2.20 bits per heavy atom. The second-order valence-electron chi connectivity index (χ2n) is 5.39. The van der Waals surface area contributed by atoms with Crippen molar-refractivity contribution in [2.45, 2.75) is 6.54 Å². The van der Waals surface area contributed by atoms with Crippen molar-refractivity contribution in [3.8, 4) is 0 Å². The minimum Gasteiger partial charge on any atom is -0.467 e. The van der Waals surface area contributed by atoms with Crippen LogP contribution in [-0.2, 0) is 11.3 Å². The van der Waals surface area contributed by atoms with E-state index in [1.54, 1.807) is 42.5 Å². The predicted octanol–water partition coefficient (Wildman–Crippen LogP) is 3.69. The number of furan rings is 1. The third-order valence-electron chi connectivity index (χ3n) is 3.70. The smallest absolute Gasteiger partial charge is 0.270 e. The molecular formula is C17H16N2O5S. The van der Waals surface area contributed by atoms with E-state index in [-0.39, 0.29) is 11.6 Å². The summed E-state index contributed by atoms with van der Waals surface area (Å²) >= 11 is 1.31. The lowest BCUT2D eigenvalue weighted by atomic mass is 10.2. The van der Waals surface area contributed by atoms with Gasteiger partial charge in [0.25, 0.3) is 11.6 Å². The number of nitro benzene ring substituents is 1. The summed E-state index contributed by atoms with van der Waals surface area (Å²) < 4.78 is 11.2. The number of carbonyl (C=O) groups excluding carboxylic acids is 1. The highest BCUT2D eigenvalue weighted by atomic mass is 32.1. The van der Waals surface area contributed by atoms with E-state index in [1.165, 1.54) is 23.5 Å². The largest absolute Gasteiger partial charge is 0.467 e. The summed E-state index contributed by atoms with van der Waals surface area (Å²) in [6.45, 7) is 1.16. The summed E-state index contributed by atoms with van der Waals surface area (Å²) in [4.78, 5) is 25.5. The standard InChI is InChI=1S/C17H16N2O5S/c1-23-8-6-18(11-14-3-2-7-24-14)17(20)16-10-12-9-13(19(21)22)4-5-15(12)25-16/h2-5,7,9-10H,6,8,11H2,1H3. The molecule has 2 aromatic heterocycles. The summed E-state index contributed by atoms with van der Waals surface area (Å²) in [5.74, 6) is 0.526. The van der Waals surface area contributed by atoms with Gasteiger partial charge in [-0.3, -0.25) is 14.9 Å². The van der Waals surface area contributed by atoms with Crippen LogP contribution >= 0.6 is 11.3 Å². The first-order valence-electron chi connectivity index (χ1n) is 7.57. The Kier molecular flexibility index (Phi) is 5.11. The van der Waals surface area contributed by atoms with Gasteiger partial charge < -0.3 is 14.1 Å². The molecule has 0 atom stereocenters. The quantitative estimate of drug-likeness (QED) is 0.474. The van der Waals surface area contributed by atoms with Crippen LogP contribution in [0.3, 0.4) is 0 Å². The number of nitro groups is 1. The SMILES string of the molecule is COCCN(Cc1ccco1)C(=O)c1cc2cc([N+](=O)[O-])ccc2s1. The number of hydrogen-bond donors (Lipinski definition) is 0. The first-order valence-corrected chi connectivity index (χ1v) is 8.38. The molecule has 2 heterocycles. The average Bonchev–Trinajstić information content (AvgIpc) is 3.26. The van der Waals surface area contributed by atoms with Gasteiger partial charge in [0.05, 0.1) is 29.2 Å². The van der Waals surface area contributed by atoms with Crippen LogP contribution in [0, 0.1) is 10.1 Å². The van der Waals surface area contributed by atoms with Crippen molar-refractivity contribution in [2.24, 2.45) is 0 Å². The van der Waals surface area contributed by atoms with Gasteiger partial charge in [0, 0.05) is 35.9 Å². The Bertz CT molecular complexity index is 888. The van der Waals surface area contributed by atoms with E-state index < -0.39 is 4.92 Å². The number of hydrogen-bond acceptors (Lipinski definition) is 6. The molecule has 25 heavy (non-hydrogen) atoms. The molecule has 7 nitrogen and oxygen atoms in total. The molecule has 0 bridgehead atoms. The van der Waals surface area contributed by atoms with Gasteiger partial charge in [0.1, 0.15) is 5.76 Å². The summed E-state index contributed by atoms with van der Waals surface area (Å²) in [7, 11) is 1.58. The van der Waals surface area contributed by atoms with Crippen LogP contribution in [0.4, 0.5) is 5.69 Å². The summed E-state index contributed by atoms with van der Waals surface area (Å²) in [5, 5.41) is 11.6. The van der Waals surface area contributed by atoms with Gasteiger partial charge in [0.2, 0.25) is 0 Å². The van der Waals surface area contributed by atoms with E-state index >= 15 is 0 Å². The van der Waals surface area contributed by atoms with Gasteiger partial charge in [-0.25, -0.2) is 0 Å². The molecule has 0 aliphatic carbocycles. The molecule has 0 saturated heterocycles. The van der Waals surface area contributed by atoms with Crippen LogP contribution in [0.25, 0.3) is 10.1 Å². The maximum atomic E-state index is 12.9. The Morgan fingerprint density at radius 1 is 1.36 bits per heavy atom. The average molecular weight is 360 g/mol. The van der Waals surface area contributed by atoms with Gasteiger partial charge >= 0.3 is 0 Å². The highest BCUT2D eigenvalue weighted by Crippen LogP contribution is 2.30. The Morgan fingerprint density at radius 3 is 2.88 bits per heavy atom. The minimum atomic E-state index is -0.444. The highest BCUT2D eigenvalue weighted by Gasteiger charge is 2.20. The van der Waals surface area contributed by atoms with E-state index in [2.05, 4.69) is 0 Å². The lowest BCUT2D eigenvalue weighted by Crippen LogP contribution is -2.32. The van der Waals surface area contributed by atoms with Crippen molar-refractivity contribution in [1.82, 2.24) is 4.90 Å². The molecule has 0 unspecified atom stereocenters. The van der Waals surface area contributed by atoms with Crippen LogP contribution in [0.5, 0.6) is 0 Å². The van der Waals surface area contributed by atoms with Crippen molar-refractivity contribution >= 4 is 33.0 Å². The third kappa shape index (κ3) is 3.86. The monoisotopic (exact) mass is 360 g/mol. The number of amides is 1. The molecular weight excluding hydrogens is 344 g/mol. The second kappa shape index (κ2) is 7.45. The molecule has 130 valence electrons. The van der Waals surface area contributed by atoms with E-state index in [9.17, 15) is 14.9 Å². The Balaban J connectivity index is 1.87. The molecule has 0 N–H and O–H groups in total. The molecule has 0 fully saturated rings. The number of rotatable bonds is 7. The van der Waals surface area contributed by atoms with Crippen molar-refractivity contribution in [2.75, 3.05) is 20.3 Å². The minimum absolute atomic E-state index is 0.0103. The molecule has 0 aliphatic rings. The van der Waals surface area contributed by atoms with Crippen LogP contribution in [0.2, 0.25) is 0 Å². The molecule has 3 aromatic rings. The fourth-order valence-corrected chi connectivity index (χ4v) is 3.46. The maximum Gasteiger partial charge on any atom is 0.270 e. The second-order valence-corrected chi connectivity index (χ2v) is 6.47. The molecule has 3 rings (SSSR count). The van der Waals surface area contributed by atoms with E-state index in [1.807, 2.05) is 0 Å². The molecule has 1 amide bonds. The number of thiophene rings is 1. The lowest BCUT2D eigenvalue weighted by Gasteiger charge is -2.20. The lowest BCUT2D eigenvalue weighted by molar-refractivity contribution is -0.384. The van der Waals surface area contributed by atoms with E-state index in [4.69, 9.17) is 9.15 Å². The number of ether oxygens (including phenoxy) is 1. The topological polar surface area (TPSA) is 85.8 Å². The Labute approximate surface area is 147 Å². The summed E-state index contributed by atoms with van der Waals surface area (Å²) in [6.07, 6.45) is 1.56. The number of methoxy groups -OCH3 is 1. The third-order valence-corrected chi connectivity index (χ3v) is 4.80. The van der Waals surface area contributed by atoms with Gasteiger partial charge in [-0.1, -0.05) is 0 Å². The van der Waals surface area contributed by atoms with Crippen LogP contribution < -0.4 is 0 Å². The van der Waals surface area contributed by atoms with E-state index in [0.29, 0.717) is 35.7 Å². The van der Waals surface area contributed by atoms with Gasteiger partial charge in [-0.15, -0.1) is 11.3 Å². The number of benzene rings is 1. The predicted molar refractivity (Wildman–Crippen MR) is 93.8 cm³/mol. The molecule has 8 heteroatoms. The molecule has 1 aromatic carbocycles. The van der Waals surface area contributed by atoms with Crippen LogP contribution in [0.15, 0.2) is 47.1 Å². The zero-order valence-corrected chi connectivity index (χ0v) is 14.3. The summed E-state index contributed by atoms with van der Waals surface area (Å²) in [6, 6.07) is 9.86.